The molecule has 1 heterocycles. The molecule has 0 aromatic heterocycles. The molecule has 1 aliphatic heterocycles. The van der Waals surface area contributed by atoms with Gasteiger partial charge in [-0.3, -0.25) is 0 Å². The van der Waals surface area contributed by atoms with E-state index in [1.54, 1.807) is 0 Å². The predicted molar refractivity (Wildman–Crippen MR) is 60.1 cm³/mol. The van der Waals surface area contributed by atoms with Gasteiger partial charge in [0.15, 0.2) is 0 Å². The lowest BCUT2D eigenvalue weighted by Gasteiger charge is -2.38. The molecule has 1 fully saturated rings. The van der Waals surface area contributed by atoms with Crippen molar-refractivity contribution in [2.75, 3.05) is 6.54 Å². The molecular weight excluding hydrogens is 192 g/mol. The third kappa shape index (κ3) is 3.53. The van der Waals surface area contributed by atoms with Crippen molar-refractivity contribution in [1.82, 2.24) is 4.90 Å². The molecule has 0 bridgehead atoms. The number of amides is 1. The van der Waals surface area contributed by atoms with Gasteiger partial charge in [0.1, 0.15) is 11.4 Å². The maximum atomic E-state index is 11.4. The fourth-order valence-electron chi connectivity index (χ4n) is 1.41. The van der Waals surface area contributed by atoms with Crippen LogP contribution in [0.2, 0.25) is 0 Å². The summed E-state index contributed by atoms with van der Waals surface area (Å²) in [5.74, 6) is 0.847. The fourth-order valence-corrected chi connectivity index (χ4v) is 1.41. The van der Waals surface area contributed by atoms with Gasteiger partial charge in [-0.15, -0.1) is 0 Å². The van der Waals surface area contributed by atoms with Crippen LogP contribution in [0.15, 0.2) is 4.99 Å². The van der Waals surface area contributed by atoms with Gasteiger partial charge >= 0.3 is 6.09 Å². The Morgan fingerprint density at radius 2 is 2.07 bits per heavy atom. The maximum absolute atomic E-state index is 11.4. The molecule has 0 atom stereocenters. The number of ether oxygens (including phenoxy) is 1. The molecule has 1 aliphatic rings. The average molecular weight is 212 g/mol. The number of carbonyl (C=O) groups excluding carboxylic acids is 1. The van der Waals surface area contributed by atoms with E-state index in [0.29, 0.717) is 6.04 Å². The zero-order chi connectivity index (χ0) is 11.6. The van der Waals surface area contributed by atoms with E-state index >= 15 is 0 Å². The minimum atomic E-state index is -0.483. The highest BCUT2D eigenvalue weighted by atomic mass is 16.6. The lowest BCUT2D eigenvalue weighted by Crippen LogP contribution is -2.48. The topological polar surface area (TPSA) is 41.9 Å². The molecule has 0 aliphatic carbocycles. The van der Waals surface area contributed by atoms with Gasteiger partial charge in [0, 0.05) is 19.0 Å². The third-order valence-corrected chi connectivity index (χ3v) is 2.15. The molecule has 1 saturated heterocycles. The molecule has 0 aromatic rings. The van der Waals surface area contributed by atoms with Gasteiger partial charge in [-0.25, -0.2) is 4.79 Å². The molecular formula is C11H20N2O2. The second-order valence-electron chi connectivity index (χ2n) is 5.05. The van der Waals surface area contributed by atoms with Crippen molar-refractivity contribution in [2.45, 2.75) is 52.7 Å². The van der Waals surface area contributed by atoms with Crippen LogP contribution in [0.5, 0.6) is 0 Å². The summed E-state index contributed by atoms with van der Waals surface area (Å²) in [7, 11) is 0. The van der Waals surface area contributed by atoms with Crippen LogP contribution in [0.25, 0.3) is 0 Å². The summed E-state index contributed by atoms with van der Waals surface area (Å²) < 4.78 is 5.12. The largest absolute Gasteiger partial charge is 0.442 e. The van der Waals surface area contributed by atoms with Gasteiger partial charge in [-0.05, 0) is 34.6 Å². The Bertz CT molecular complexity index is 277. The standard InChI is InChI=1S/C11H20N2O2/c1-8(2)13-7-6-9(13)12-10(14)15-11(3,4)5/h8H,6-7H2,1-5H3/b12-9+. The van der Waals surface area contributed by atoms with E-state index in [2.05, 4.69) is 23.7 Å². The Balaban J connectivity index is 2.53. The Morgan fingerprint density at radius 1 is 1.47 bits per heavy atom. The molecule has 0 unspecified atom stereocenters. The molecule has 0 saturated carbocycles. The van der Waals surface area contributed by atoms with Gasteiger partial charge in [0.2, 0.25) is 0 Å². The van der Waals surface area contributed by atoms with E-state index in [1.165, 1.54) is 0 Å². The highest BCUT2D eigenvalue weighted by Crippen LogP contribution is 2.16. The van der Waals surface area contributed by atoms with Crippen LogP contribution in [0, 0.1) is 0 Å². The van der Waals surface area contributed by atoms with Crippen LogP contribution in [0.1, 0.15) is 41.0 Å². The van der Waals surface area contributed by atoms with Crippen LogP contribution in [-0.2, 0) is 4.74 Å². The lowest BCUT2D eigenvalue weighted by atomic mass is 10.1. The molecule has 4 nitrogen and oxygen atoms in total. The smallest absolute Gasteiger partial charge is 0.435 e. The second-order valence-corrected chi connectivity index (χ2v) is 5.05. The zero-order valence-corrected chi connectivity index (χ0v) is 10.2. The van der Waals surface area contributed by atoms with Gasteiger partial charge in [0.05, 0.1) is 0 Å². The van der Waals surface area contributed by atoms with Gasteiger partial charge < -0.3 is 9.64 Å². The van der Waals surface area contributed by atoms with Crippen LogP contribution in [-0.4, -0.2) is 35.0 Å². The summed E-state index contributed by atoms with van der Waals surface area (Å²) in [6, 6.07) is 0.403. The molecule has 0 spiro atoms. The van der Waals surface area contributed by atoms with Crippen LogP contribution < -0.4 is 0 Å². The first-order chi connectivity index (χ1) is 6.79. The van der Waals surface area contributed by atoms with Crippen molar-refractivity contribution >= 4 is 11.9 Å². The molecule has 1 rings (SSSR count). The normalized spacial score (nSPS) is 19.3. The highest BCUT2D eigenvalue weighted by Gasteiger charge is 2.26. The highest BCUT2D eigenvalue weighted by molar-refractivity contribution is 5.95. The number of rotatable bonds is 1. The summed E-state index contributed by atoms with van der Waals surface area (Å²) >= 11 is 0. The molecule has 86 valence electrons. The van der Waals surface area contributed by atoms with Crippen molar-refractivity contribution < 1.29 is 9.53 Å². The van der Waals surface area contributed by atoms with Gasteiger partial charge in [-0.2, -0.15) is 4.99 Å². The Kier molecular flexibility index (Phi) is 3.37. The SMILES string of the molecule is CC(C)N1CC/C1=N\C(=O)OC(C)(C)C. The summed E-state index contributed by atoms with van der Waals surface area (Å²) in [5, 5.41) is 0. The Hall–Kier alpha value is -1.06. The molecule has 15 heavy (non-hydrogen) atoms. The quantitative estimate of drug-likeness (QED) is 0.670. The number of likely N-dealkylation sites (tertiary alicyclic amines) is 1. The van der Waals surface area contributed by atoms with Crippen LogP contribution in [0.3, 0.4) is 0 Å². The third-order valence-electron chi connectivity index (χ3n) is 2.15. The van der Waals surface area contributed by atoms with E-state index < -0.39 is 11.7 Å². The minimum Gasteiger partial charge on any atom is -0.442 e. The number of hydrogen-bond donors (Lipinski definition) is 0. The maximum Gasteiger partial charge on any atom is 0.435 e. The molecule has 0 aromatic carbocycles. The number of carbonyl (C=O) groups is 1. The number of hydrogen-bond acceptors (Lipinski definition) is 2. The van der Waals surface area contributed by atoms with Crippen molar-refractivity contribution in [3.8, 4) is 0 Å². The summed E-state index contributed by atoms with van der Waals surface area (Å²) in [6.07, 6.45) is 0.389. The zero-order valence-electron chi connectivity index (χ0n) is 10.2. The molecule has 0 radical (unpaired) electrons. The summed E-state index contributed by atoms with van der Waals surface area (Å²) in [6.45, 7) is 10.7. The average Bonchev–Trinajstić information content (AvgIpc) is 1.93. The first-order valence-corrected chi connectivity index (χ1v) is 5.37. The first-order valence-electron chi connectivity index (χ1n) is 5.37. The number of aliphatic imine (C=N–C) groups is 1. The van der Waals surface area contributed by atoms with E-state index in [-0.39, 0.29) is 0 Å². The molecule has 1 amide bonds. The van der Waals surface area contributed by atoms with Crippen molar-refractivity contribution in [1.29, 1.82) is 0 Å². The van der Waals surface area contributed by atoms with Gasteiger partial charge in [0.25, 0.3) is 0 Å². The molecule has 0 N–H and O–H groups in total. The Labute approximate surface area is 91.3 Å². The van der Waals surface area contributed by atoms with E-state index in [0.717, 1.165) is 18.8 Å². The Morgan fingerprint density at radius 3 is 2.40 bits per heavy atom. The minimum absolute atomic E-state index is 0.403. The van der Waals surface area contributed by atoms with E-state index in [4.69, 9.17) is 4.74 Å². The fraction of sp³-hybridized carbons (Fsp3) is 0.818. The lowest BCUT2D eigenvalue weighted by molar-refractivity contribution is 0.0598. The number of amidine groups is 1. The number of nitrogens with zero attached hydrogens (tertiary/aromatic N) is 2. The van der Waals surface area contributed by atoms with Crippen molar-refractivity contribution in [3.05, 3.63) is 0 Å². The van der Waals surface area contributed by atoms with Crippen LogP contribution >= 0.6 is 0 Å². The van der Waals surface area contributed by atoms with Crippen molar-refractivity contribution in [2.24, 2.45) is 4.99 Å². The van der Waals surface area contributed by atoms with Gasteiger partial charge in [-0.1, -0.05) is 0 Å². The first kappa shape index (κ1) is 12.0. The van der Waals surface area contributed by atoms with Crippen molar-refractivity contribution in [3.63, 3.8) is 0 Å². The monoisotopic (exact) mass is 212 g/mol. The summed E-state index contributed by atoms with van der Waals surface area (Å²) in [4.78, 5) is 17.4. The van der Waals surface area contributed by atoms with E-state index in [9.17, 15) is 4.79 Å². The van der Waals surface area contributed by atoms with E-state index in [1.807, 2.05) is 20.8 Å². The second kappa shape index (κ2) is 4.21. The predicted octanol–water partition coefficient (Wildman–Crippen LogP) is 2.43. The summed E-state index contributed by atoms with van der Waals surface area (Å²) in [5.41, 5.74) is -0.465. The molecule has 4 heteroatoms. The van der Waals surface area contributed by atoms with Crippen LogP contribution in [0.4, 0.5) is 4.79 Å².